The number of carbonyl (C=O) groups excluding carboxylic acids is 2. The van der Waals surface area contributed by atoms with E-state index in [1.807, 2.05) is 49.9 Å². The normalized spacial score (nSPS) is 23.3. The average molecular weight is 340 g/mol. The Bertz CT molecular complexity index is 672. The van der Waals surface area contributed by atoms with Crippen molar-refractivity contribution in [3.63, 3.8) is 0 Å². The summed E-state index contributed by atoms with van der Waals surface area (Å²) in [5, 5.41) is 0. The van der Waals surface area contributed by atoms with Crippen molar-refractivity contribution >= 4 is 17.9 Å². The van der Waals surface area contributed by atoms with Crippen LogP contribution >= 0.6 is 0 Å². The summed E-state index contributed by atoms with van der Waals surface area (Å²) in [6.45, 7) is 11.0. The first-order valence-corrected chi connectivity index (χ1v) is 9.16. The van der Waals surface area contributed by atoms with Crippen LogP contribution in [-0.4, -0.2) is 46.8 Å². The van der Waals surface area contributed by atoms with E-state index in [0.717, 1.165) is 31.4 Å². The second kappa shape index (κ2) is 6.66. The zero-order valence-electron chi connectivity index (χ0n) is 15.5. The number of likely N-dealkylation sites (tertiary alicyclic amines) is 1. The summed E-state index contributed by atoms with van der Waals surface area (Å²) < 4.78 is 0. The van der Waals surface area contributed by atoms with Gasteiger partial charge in [0.15, 0.2) is 0 Å². The zero-order valence-corrected chi connectivity index (χ0v) is 15.5. The second-order valence-corrected chi connectivity index (χ2v) is 8.21. The van der Waals surface area contributed by atoms with Gasteiger partial charge in [-0.2, -0.15) is 0 Å². The monoisotopic (exact) mass is 340 g/mol. The summed E-state index contributed by atoms with van der Waals surface area (Å²) in [5.74, 6) is 0.274. The lowest BCUT2D eigenvalue weighted by atomic mass is 9.93. The summed E-state index contributed by atoms with van der Waals surface area (Å²) >= 11 is 0. The van der Waals surface area contributed by atoms with E-state index in [0.29, 0.717) is 12.1 Å². The van der Waals surface area contributed by atoms with Crippen molar-refractivity contribution in [2.75, 3.05) is 13.1 Å². The molecule has 0 aromatic heterocycles. The molecule has 0 aliphatic carbocycles. The third-order valence-corrected chi connectivity index (χ3v) is 5.34. The summed E-state index contributed by atoms with van der Waals surface area (Å²) in [6, 6.07) is 7.98. The van der Waals surface area contributed by atoms with Gasteiger partial charge < -0.3 is 9.80 Å². The molecule has 2 unspecified atom stereocenters. The van der Waals surface area contributed by atoms with Crippen molar-refractivity contribution in [3.05, 3.63) is 42.0 Å². The summed E-state index contributed by atoms with van der Waals surface area (Å²) in [5.41, 5.74) is 1.34. The van der Waals surface area contributed by atoms with Crippen LogP contribution in [0.2, 0.25) is 0 Å². The van der Waals surface area contributed by atoms with Crippen LogP contribution in [0.3, 0.4) is 0 Å². The van der Waals surface area contributed by atoms with Crippen LogP contribution < -0.4 is 0 Å². The number of nitrogens with zero attached hydrogens (tertiary/aromatic N) is 2. The fourth-order valence-electron chi connectivity index (χ4n) is 3.92. The Balaban J connectivity index is 1.77. The Morgan fingerprint density at radius 3 is 2.32 bits per heavy atom. The highest BCUT2D eigenvalue weighted by Gasteiger charge is 2.43. The molecular weight excluding hydrogens is 312 g/mol. The van der Waals surface area contributed by atoms with Gasteiger partial charge in [0.25, 0.3) is 5.91 Å². The molecule has 2 atom stereocenters. The van der Waals surface area contributed by atoms with Crippen molar-refractivity contribution < 1.29 is 9.59 Å². The molecule has 4 heteroatoms. The highest BCUT2D eigenvalue weighted by Crippen LogP contribution is 2.34. The SMILES string of the molecule is C=Cc1ccc(C(=O)N2CCC3CCC(C2)N3C(=O)C(C)(C)C)cc1. The van der Waals surface area contributed by atoms with Crippen molar-refractivity contribution in [1.29, 1.82) is 0 Å². The van der Waals surface area contributed by atoms with E-state index in [1.54, 1.807) is 6.08 Å². The maximum atomic E-state index is 12.9. The third kappa shape index (κ3) is 3.48. The van der Waals surface area contributed by atoms with Gasteiger partial charge in [0.05, 0.1) is 0 Å². The third-order valence-electron chi connectivity index (χ3n) is 5.34. The number of benzene rings is 1. The summed E-state index contributed by atoms with van der Waals surface area (Å²) in [4.78, 5) is 29.8. The summed E-state index contributed by atoms with van der Waals surface area (Å²) in [7, 11) is 0. The lowest BCUT2D eigenvalue weighted by Gasteiger charge is -2.34. The zero-order chi connectivity index (χ0) is 18.2. The van der Waals surface area contributed by atoms with E-state index in [2.05, 4.69) is 11.5 Å². The van der Waals surface area contributed by atoms with Crippen molar-refractivity contribution in [1.82, 2.24) is 9.80 Å². The molecule has 1 aromatic rings. The molecule has 134 valence electrons. The number of amides is 2. The second-order valence-electron chi connectivity index (χ2n) is 8.21. The maximum Gasteiger partial charge on any atom is 0.253 e. The topological polar surface area (TPSA) is 40.6 Å². The molecule has 2 heterocycles. The highest BCUT2D eigenvalue weighted by molar-refractivity contribution is 5.94. The van der Waals surface area contributed by atoms with E-state index in [9.17, 15) is 9.59 Å². The standard InChI is InChI=1S/C21H28N2O2/c1-5-15-6-8-16(9-7-15)19(24)22-13-12-17-10-11-18(14-22)23(17)20(25)21(2,3)4/h5-9,17-18H,1,10-14H2,2-4H3. The van der Waals surface area contributed by atoms with Gasteiger partial charge in [-0.3, -0.25) is 9.59 Å². The molecule has 0 radical (unpaired) electrons. The lowest BCUT2D eigenvalue weighted by molar-refractivity contribution is -0.142. The maximum absolute atomic E-state index is 12.9. The minimum Gasteiger partial charge on any atom is -0.337 e. The van der Waals surface area contributed by atoms with Crippen molar-refractivity contribution in [3.8, 4) is 0 Å². The number of fused-ring (bicyclic) bond motifs is 2. The van der Waals surface area contributed by atoms with Crippen LogP contribution in [0.25, 0.3) is 6.08 Å². The Morgan fingerprint density at radius 2 is 1.72 bits per heavy atom. The first kappa shape index (κ1) is 17.7. The van der Waals surface area contributed by atoms with Crippen LogP contribution in [0.15, 0.2) is 30.8 Å². The molecule has 2 saturated heterocycles. The van der Waals surface area contributed by atoms with Crippen LogP contribution in [-0.2, 0) is 4.79 Å². The van der Waals surface area contributed by atoms with E-state index >= 15 is 0 Å². The lowest BCUT2D eigenvalue weighted by Crippen LogP contribution is -2.48. The van der Waals surface area contributed by atoms with Crippen LogP contribution in [0, 0.1) is 5.41 Å². The van der Waals surface area contributed by atoms with E-state index < -0.39 is 0 Å². The molecule has 0 saturated carbocycles. The molecule has 2 bridgehead atoms. The van der Waals surface area contributed by atoms with Gasteiger partial charge >= 0.3 is 0 Å². The number of hydrogen-bond donors (Lipinski definition) is 0. The molecule has 4 nitrogen and oxygen atoms in total. The van der Waals surface area contributed by atoms with Crippen LogP contribution in [0.1, 0.15) is 56.0 Å². The molecule has 2 fully saturated rings. The Hall–Kier alpha value is -2.10. The quantitative estimate of drug-likeness (QED) is 0.825. The number of rotatable bonds is 2. The van der Waals surface area contributed by atoms with E-state index in [4.69, 9.17) is 0 Å². The Labute approximate surface area is 150 Å². The minimum atomic E-state index is -0.374. The van der Waals surface area contributed by atoms with Gasteiger partial charge in [0.1, 0.15) is 0 Å². The molecule has 0 N–H and O–H groups in total. The molecule has 0 spiro atoms. The van der Waals surface area contributed by atoms with Gasteiger partial charge in [-0.25, -0.2) is 0 Å². The molecule has 2 aliphatic rings. The summed E-state index contributed by atoms with van der Waals surface area (Å²) in [6.07, 6.45) is 4.69. The average Bonchev–Trinajstić information content (AvgIpc) is 2.87. The van der Waals surface area contributed by atoms with Gasteiger partial charge in [0.2, 0.25) is 5.91 Å². The smallest absolute Gasteiger partial charge is 0.253 e. The van der Waals surface area contributed by atoms with Gasteiger partial charge in [-0.15, -0.1) is 0 Å². The predicted molar refractivity (Wildman–Crippen MR) is 100 cm³/mol. The van der Waals surface area contributed by atoms with Gasteiger partial charge in [-0.05, 0) is 37.0 Å². The van der Waals surface area contributed by atoms with E-state index in [-0.39, 0.29) is 29.3 Å². The van der Waals surface area contributed by atoms with Gasteiger partial charge in [0, 0.05) is 36.2 Å². The first-order chi connectivity index (χ1) is 11.8. The number of hydrogen-bond acceptors (Lipinski definition) is 2. The van der Waals surface area contributed by atoms with Gasteiger partial charge in [-0.1, -0.05) is 45.6 Å². The highest BCUT2D eigenvalue weighted by atomic mass is 16.2. The molecule has 3 rings (SSSR count). The molecular formula is C21H28N2O2. The predicted octanol–water partition coefficient (Wildman–Crippen LogP) is 3.58. The molecule has 2 amide bonds. The molecule has 25 heavy (non-hydrogen) atoms. The van der Waals surface area contributed by atoms with E-state index in [1.165, 1.54) is 0 Å². The first-order valence-electron chi connectivity index (χ1n) is 9.16. The minimum absolute atomic E-state index is 0.0614. The van der Waals surface area contributed by atoms with Crippen molar-refractivity contribution in [2.45, 2.75) is 52.1 Å². The largest absolute Gasteiger partial charge is 0.337 e. The Kier molecular flexibility index (Phi) is 4.72. The van der Waals surface area contributed by atoms with Crippen LogP contribution in [0.4, 0.5) is 0 Å². The molecule has 1 aromatic carbocycles. The molecule has 2 aliphatic heterocycles. The number of carbonyl (C=O) groups is 2. The Morgan fingerprint density at radius 1 is 1.08 bits per heavy atom. The fourth-order valence-corrected chi connectivity index (χ4v) is 3.92. The fraction of sp³-hybridized carbons (Fsp3) is 0.524. The van der Waals surface area contributed by atoms with Crippen molar-refractivity contribution in [2.24, 2.45) is 5.41 Å². The van der Waals surface area contributed by atoms with Crippen LogP contribution in [0.5, 0.6) is 0 Å².